The number of nitriles is 1. The minimum absolute atomic E-state index is 0.0388. The molecule has 0 saturated carbocycles. The third-order valence-electron chi connectivity index (χ3n) is 8.40. The average molecular weight is 645 g/mol. The molecule has 5 heterocycles. The van der Waals surface area contributed by atoms with E-state index in [9.17, 15) is 9.65 Å². The quantitative estimate of drug-likeness (QED) is 0.195. The first-order valence-corrected chi connectivity index (χ1v) is 15.4. The van der Waals surface area contributed by atoms with Crippen LogP contribution in [0.2, 0.25) is 10.0 Å². The summed E-state index contributed by atoms with van der Waals surface area (Å²) in [5.41, 5.74) is 4.07. The minimum Gasteiger partial charge on any atom is -0.378 e. The number of pyridine rings is 2. The summed E-state index contributed by atoms with van der Waals surface area (Å²) in [6.07, 6.45) is 8.96. The number of ether oxygens (including phenoxy) is 1. The first-order chi connectivity index (χ1) is 22.0. The van der Waals surface area contributed by atoms with Crippen LogP contribution in [0.5, 0.6) is 0 Å². The fourth-order valence-electron chi connectivity index (χ4n) is 5.87. The fourth-order valence-corrected chi connectivity index (χ4v) is 6.32. The molecule has 0 amide bonds. The summed E-state index contributed by atoms with van der Waals surface area (Å²) < 4.78 is 21.2. The van der Waals surface area contributed by atoms with Gasteiger partial charge in [-0.2, -0.15) is 5.26 Å². The largest absolute Gasteiger partial charge is 0.378 e. The molecule has 2 N–H and O–H groups in total. The second-order valence-electron chi connectivity index (χ2n) is 11.2. The molecule has 228 valence electrons. The van der Waals surface area contributed by atoms with E-state index in [2.05, 4.69) is 41.9 Å². The monoisotopic (exact) mass is 643 g/mol. The van der Waals surface area contributed by atoms with Gasteiger partial charge in [-0.05, 0) is 54.8 Å². The van der Waals surface area contributed by atoms with Crippen LogP contribution in [0, 0.1) is 17.1 Å². The van der Waals surface area contributed by atoms with Crippen molar-refractivity contribution in [3.63, 3.8) is 0 Å². The molecule has 0 spiro atoms. The highest BCUT2D eigenvalue weighted by molar-refractivity contribution is 6.36. The zero-order valence-electron chi connectivity index (χ0n) is 24.0. The third-order valence-corrected chi connectivity index (χ3v) is 8.97. The van der Waals surface area contributed by atoms with Crippen LogP contribution >= 0.6 is 23.2 Å². The Labute approximate surface area is 268 Å². The standard InChI is InChI=1S/C32H28Cl2FN9O/c33-26-11-21(3-4-28(26)35)39-30-20(13-36)15-38-32-25(30)10-22(12-27(32)34)40-31(19-2-1-7-37-14-19)29-16-44(42-41-29)23-5-8-43(9-6-23)24-17-45-18-24/h1-4,7,10-12,14-16,23-24,31,40H,5-6,8-9,17-18H2,(H,38,39). The van der Waals surface area contributed by atoms with Crippen LogP contribution in [-0.4, -0.2) is 62.2 Å². The predicted octanol–water partition coefficient (Wildman–Crippen LogP) is 6.52. The number of nitrogens with one attached hydrogen (secondary N) is 2. The molecule has 0 aliphatic carbocycles. The fraction of sp³-hybridized carbons (Fsp3) is 0.281. The molecule has 1 unspecified atom stereocenters. The van der Waals surface area contributed by atoms with Crippen molar-refractivity contribution in [2.45, 2.75) is 31.0 Å². The van der Waals surface area contributed by atoms with Crippen molar-refractivity contribution < 1.29 is 9.13 Å². The van der Waals surface area contributed by atoms with Gasteiger partial charge in [0.2, 0.25) is 0 Å². The average Bonchev–Trinajstić information content (AvgIpc) is 3.52. The lowest BCUT2D eigenvalue weighted by atomic mass is 10.0. The number of likely N-dealkylation sites (tertiary alicyclic amines) is 1. The van der Waals surface area contributed by atoms with Crippen LogP contribution in [0.15, 0.2) is 67.3 Å². The van der Waals surface area contributed by atoms with Crippen LogP contribution in [0.4, 0.5) is 21.5 Å². The molecule has 2 saturated heterocycles. The number of nitrogens with zero attached hydrogens (tertiary/aromatic N) is 7. The van der Waals surface area contributed by atoms with E-state index in [0.717, 1.165) is 50.4 Å². The molecule has 5 aromatic rings. The number of fused-ring (bicyclic) bond motifs is 1. The second kappa shape index (κ2) is 12.6. The van der Waals surface area contributed by atoms with Crippen molar-refractivity contribution in [1.29, 1.82) is 5.26 Å². The Hall–Kier alpha value is -4.34. The molecular formula is C32H28Cl2FN9O. The molecule has 0 bridgehead atoms. The normalized spacial score (nSPS) is 16.7. The first kappa shape index (κ1) is 29.4. The van der Waals surface area contributed by atoms with Crippen LogP contribution < -0.4 is 10.6 Å². The maximum atomic E-state index is 13.8. The summed E-state index contributed by atoms with van der Waals surface area (Å²) in [4.78, 5) is 11.3. The van der Waals surface area contributed by atoms with E-state index in [0.29, 0.717) is 44.6 Å². The highest BCUT2D eigenvalue weighted by Gasteiger charge is 2.31. The van der Waals surface area contributed by atoms with E-state index in [1.54, 1.807) is 24.5 Å². The number of aromatic nitrogens is 5. The van der Waals surface area contributed by atoms with Gasteiger partial charge in [-0.15, -0.1) is 5.10 Å². The van der Waals surface area contributed by atoms with Gasteiger partial charge >= 0.3 is 0 Å². The number of anilines is 3. The number of piperidine rings is 1. The molecular weight excluding hydrogens is 616 g/mol. The zero-order chi connectivity index (χ0) is 30.9. The number of rotatable bonds is 8. The van der Waals surface area contributed by atoms with E-state index < -0.39 is 11.9 Å². The molecule has 13 heteroatoms. The predicted molar refractivity (Wildman–Crippen MR) is 170 cm³/mol. The molecule has 1 atom stereocenters. The van der Waals surface area contributed by atoms with Gasteiger partial charge in [-0.3, -0.25) is 14.9 Å². The minimum atomic E-state index is -0.538. The highest BCUT2D eigenvalue weighted by Crippen LogP contribution is 2.37. The smallest absolute Gasteiger partial charge is 0.141 e. The Morgan fingerprint density at radius 3 is 2.56 bits per heavy atom. The topological polar surface area (TPSA) is 117 Å². The Morgan fingerprint density at radius 1 is 1.02 bits per heavy atom. The SMILES string of the molecule is N#Cc1cnc2c(Cl)cc(NC(c3cccnc3)c3cn(C4CCN(C5COC5)CC4)nn3)cc2c1Nc1ccc(F)c(Cl)c1. The van der Waals surface area contributed by atoms with Gasteiger partial charge in [-0.25, -0.2) is 9.07 Å². The number of hydrogen-bond donors (Lipinski definition) is 2. The Balaban J connectivity index is 1.21. The zero-order valence-corrected chi connectivity index (χ0v) is 25.5. The van der Waals surface area contributed by atoms with Crippen molar-refractivity contribution in [2.75, 3.05) is 36.9 Å². The van der Waals surface area contributed by atoms with E-state index in [1.807, 2.05) is 29.1 Å². The summed E-state index contributed by atoms with van der Waals surface area (Å²) in [6.45, 7) is 3.66. The molecule has 10 nitrogen and oxygen atoms in total. The molecule has 2 aliphatic heterocycles. The van der Waals surface area contributed by atoms with Crippen LogP contribution in [0.1, 0.15) is 41.7 Å². The molecule has 2 aliphatic rings. The van der Waals surface area contributed by atoms with E-state index in [1.165, 1.54) is 18.3 Å². The summed E-state index contributed by atoms with van der Waals surface area (Å²) in [5.74, 6) is -0.538. The molecule has 0 radical (unpaired) electrons. The van der Waals surface area contributed by atoms with E-state index >= 15 is 0 Å². The van der Waals surface area contributed by atoms with Crippen molar-refractivity contribution in [2.24, 2.45) is 0 Å². The summed E-state index contributed by atoms with van der Waals surface area (Å²) in [5, 5.41) is 26.8. The van der Waals surface area contributed by atoms with Crippen LogP contribution in [-0.2, 0) is 4.74 Å². The van der Waals surface area contributed by atoms with Crippen molar-refractivity contribution in [1.82, 2.24) is 29.9 Å². The lowest BCUT2D eigenvalue weighted by Gasteiger charge is -2.41. The van der Waals surface area contributed by atoms with Crippen LogP contribution in [0.25, 0.3) is 10.9 Å². The maximum Gasteiger partial charge on any atom is 0.141 e. The van der Waals surface area contributed by atoms with Crippen molar-refractivity contribution >= 4 is 51.2 Å². The van der Waals surface area contributed by atoms with Crippen molar-refractivity contribution in [3.8, 4) is 6.07 Å². The van der Waals surface area contributed by atoms with Gasteiger partial charge in [0.15, 0.2) is 0 Å². The van der Waals surface area contributed by atoms with Gasteiger partial charge in [-0.1, -0.05) is 34.5 Å². The first-order valence-electron chi connectivity index (χ1n) is 14.6. The summed E-state index contributed by atoms with van der Waals surface area (Å²) in [6, 6.07) is 14.4. The number of halogens is 3. The lowest BCUT2D eigenvalue weighted by molar-refractivity contribution is -0.0734. The molecule has 3 aromatic heterocycles. The van der Waals surface area contributed by atoms with E-state index in [4.69, 9.17) is 27.9 Å². The summed E-state index contributed by atoms with van der Waals surface area (Å²) >= 11 is 12.8. The number of hydrogen-bond acceptors (Lipinski definition) is 9. The molecule has 7 rings (SSSR count). The number of benzene rings is 2. The Bertz CT molecular complexity index is 1890. The maximum absolute atomic E-state index is 13.8. The van der Waals surface area contributed by atoms with Gasteiger partial charge in [0, 0.05) is 48.4 Å². The van der Waals surface area contributed by atoms with Crippen molar-refractivity contribution in [3.05, 3.63) is 99.9 Å². The van der Waals surface area contributed by atoms with Crippen LogP contribution in [0.3, 0.4) is 0 Å². The third kappa shape index (κ3) is 6.02. The molecule has 2 aromatic carbocycles. The van der Waals surface area contributed by atoms with Gasteiger partial charge in [0.1, 0.15) is 17.6 Å². The van der Waals surface area contributed by atoms with Gasteiger partial charge < -0.3 is 15.4 Å². The Kier molecular flexibility index (Phi) is 8.21. The Morgan fingerprint density at radius 2 is 1.84 bits per heavy atom. The van der Waals surface area contributed by atoms with Gasteiger partial charge in [0.05, 0.1) is 64.3 Å². The second-order valence-corrected chi connectivity index (χ2v) is 12.0. The highest BCUT2D eigenvalue weighted by atomic mass is 35.5. The summed E-state index contributed by atoms with van der Waals surface area (Å²) in [7, 11) is 0. The molecule has 2 fully saturated rings. The molecule has 45 heavy (non-hydrogen) atoms. The van der Waals surface area contributed by atoms with E-state index in [-0.39, 0.29) is 11.1 Å². The van der Waals surface area contributed by atoms with Gasteiger partial charge in [0.25, 0.3) is 0 Å². The lowest BCUT2D eigenvalue weighted by Crippen LogP contribution is -2.51.